The Balaban J connectivity index is 1.60. The van der Waals surface area contributed by atoms with Crippen LogP contribution in [0.3, 0.4) is 0 Å². The second-order valence-corrected chi connectivity index (χ2v) is 5.67. The van der Waals surface area contributed by atoms with Crippen LogP contribution < -0.4 is 4.74 Å². The van der Waals surface area contributed by atoms with Crippen molar-refractivity contribution < 1.29 is 24.2 Å². The first kappa shape index (κ1) is 15.6. The molecule has 1 fully saturated rings. The standard InChI is InChI=1S/C17H19NO5/c19-16(18-6-8-22-14(11-18)10-17(20)21)4-2-12-1-3-15-13(9-12)5-7-23-15/h1-4,9,14H,5-8,10-11H2,(H,20,21). The Morgan fingerprint density at radius 2 is 2.22 bits per heavy atom. The molecule has 1 saturated heterocycles. The number of morpholine rings is 1. The predicted octanol–water partition coefficient (Wildman–Crippen LogP) is 1.34. The van der Waals surface area contributed by atoms with Crippen LogP contribution in [0.2, 0.25) is 0 Å². The minimum atomic E-state index is -0.916. The quantitative estimate of drug-likeness (QED) is 0.848. The van der Waals surface area contributed by atoms with E-state index >= 15 is 0 Å². The van der Waals surface area contributed by atoms with E-state index in [1.807, 2.05) is 18.2 Å². The van der Waals surface area contributed by atoms with Crippen molar-refractivity contribution in [3.05, 3.63) is 35.4 Å². The molecule has 0 aromatic heterocycles. The Labute approximate surface area is 134 Å². The number of hydrogen-bond donors (Lipinski definition) is 1. The maximum Gasteiger partial charge on any atom is 0.306 e. The van der Waals surface area contributed by atoms with Crippen LogP contribution >= 0.6 is 0 Å². The van der Waals surface area contributed by atoms with Gasteiger partial charge in [0.05, 0.1) is 25.7 Å². The Hall–Kier alpha value is -2.34. The molecule has 122 valence electrons. The molecule has 0 spiro atoms. The van der Waals surface area contributed by atoms with Gasteiger partial charge in [-0.15, -0.1) is 0 Å². The first-order valence-electron chi connectivity index (χ1n) is 7.68. The van der Waals surface area contributed by atoms with E-state index in [1.165, 1.54) is 6.08 Å². The van der Waals surface area contributed by atoms with E-state index in [2.05, 4.69) is 0 Å². The van der Waals surface area contributed by atoms with Crippen LogP contribution in [0.4, 0.5) is 0 Å². The lowest BCUT2D eigenvalue weighted by Crippen LogP contribution is -2.45. The van der Waals surface area contributed by atoms with Crippen molar-refractivity contribution in [2.75, 3.05) is 26.3 Å². The van der Waals surface area contributed by atoms with Crippen molar-refractivity contribution in [1.29, 1.82) is 0 Å². The van der Waals surface area contributed by atoms with Gasteiger partial charge in [-0.3, -0.25) is 9.59 Å². The third-order valence-corrected chi connectivity index (χ3v) is 3.98. The number of amides is 1. The summed E-state index contributed by atoms with van der Waals surface area (Å²) in [5, 5.41) is 8.81. The number of hydrogen-bond acceptors (Lipinski definition) is 4. The second kappa shape index (κ2) is 6.83. The molecule has 3 rings (SSSR count). The van der Waals surface area contributed by atoms with E-state index < -0.39 is 12.1 Å². The maximum absolute atomic E-state index is 12.2. The van der Waals surface area contributed by atoms with E-state index in [4.69, 9.17) is 14.6 Å². The number of benzene rings is 1. The highest BCUT2D eigenvalue weighted by Crippen LogP contribution is 2.26. The van der Waals surface area contributed by atoms with Gasteiger partial charge in [0.2, 0.25) is 5.91 Å². The predicted molar refractivity (Wildman–Crippen MR) is 83.2 cm³/mol. The number of carboxylic acid groups (broad SMARTS) is 1. The van der Waals surface area contributed by atoms with E-state index in [1.54, 1.807) is 11.0 Å². The third kappa shape index (κ3) is 3.90. The Bertz CT molecular complexity index is 640. The summed E-state index contributed by atoms with van der Waals surface area (Å²) in [7, 11) is 0. The fourth-order valence-corrected chi connectivity index (χ4v) is 2.82. The zero-order chi connectivity index (χ0) is 16.2. The van der Waals surface area contributed by atoms with Gasteiger partial charge in [-0.1, -0.05) is 6.07 Å². The van der Waals surface area contributed by atoms with Gasteiger partial charge in [0.15, 0.2) is 0 Å². The lowest BCUT2D eigenvalue weighted by molar-refractivity contribution is -0.145. The largest absolute Gasteiger partial charge is 0.493 e. The van der Waals surface area contributed by atoms with E-state index in [0.29, 0.717) is 26.3 Å². The second-order valence-electron chi connectivity index (χ2n) is 5.67. The van der Waals surface area contributed by atoms with Crippen molar-refractivity contribution in [1.82, 2.24) is 4.90 Å². The fourth-order valence-electron chi connectivity index (χ4n) is 2.82. The van der Waals surface area contributed by atoms with Crippen LogP contribution in [0.5, 0.6) is 5.75 Å². The smallest absolute Gasteiger partial charge is 0.306 e. The third-order valence-electron chi connectivity index (χ3n) is 3.98. The van der Waals surface area contributed by atoms with Crippen molar-refractivity contribution in [3.63, 3.8) is 0 Å². The van der Waals surface area contributed by atoms with Crippen LogP contribution in [0.25, 0.3) is 6.08 Å². The van der Waals surface area contributed by atoms with Gasteiger partial charge in [0.25, 0.3) is 0 Å². The van der Waals surface area contributed by atoms with Crippen molar-refractivity contribution in [2.24, 2.45) is 0 Å². The highest BCUT2D eigenvalue weighted by molar-refractivity contribution is 5.92. The van der Waals surface area contributed by atoms with Crippen molar-refractivity contribution >= 4 is 18.0 Å². The van der Waals surface area contributed by atoms with Gasteiger partial charge >= 0.3 is 5.97 Å². The summed E-state index contributed by atoms with van der Waals surface area (Å²) >= 11 is 0. The molecule has 1 amide bonds. The SMILES string of the molecule is O=C(O)CC1CN(C(=O)C=Cc2ccc3c(c2)CCO3)CCO1. The van der Waals surface area contributed by atoms with E-state index in [0.717, 1.165) is 23.3 Å². The first-order valence-corrected chi connectivity index (χ1v) is 7.68. The molecule has 1 unspecified atom stereocenters. The Morgan fingerprint density at radius 3 is 3.04 bits per heavy atom. The summed E-state index contributed by atoms with van der Waals surface area (Å²) in [5.74, 6) is -0.126. The normalized spacial score (nSPS) is 20.3. The molecular formula is C17H19NO5. The summed E-state index contributed by atoms with van der Waals surface area (Å²) < 4.78 is 10.8. The molecule has 0 aliphatic carbocycles. The molecule has 2 heterocycles. The molecule has 1 aromatic rings. The van der Waals surface area contributed by atoms with Crippen molar-refractivity contribution in [2.45, 2.75) is 18.9 Å². The van der Waals surface area contributed by atoms with E-state index in [9.17, 15) is 9.59 Å². The van der Waals surface area contributed by atoms with Gasteiger partial charge < -0.3 is 19.5 Å². The average Bonchev–Trinajstić information content (AvgIpc) is 3.00. The molecule has 0 radical (unpaired) electrons. The number of aliphatic carboxylic acids is 1. The van der Waals surface area contributed by atoms with Crippen LogP contribution in [-0.2, 0) is 20.7 Å². The molecule has 0 bridgehead atoms. The number of ether oxygens (including phenoxy) is 2. The minimum absolute atomic E-state index is 0.0850. The van der Waals surface area contributed by atoms with Crippen LogP contribution in [0.1, 0.15) is 17.5 Å². The number of carboxylic acids is 1. The molecule has 0 saturated carbocycles. The van der Waals surface area contributed by atoms with E-state index in [-0.39, 0.29) is 12.3 Å². The summed E-state index contributed by atoms with van der Waals surface area (Å²) in [6.45, 7) is 1.87. The topological polar surface area (TPSA) is 76.1 Å². The number of fused-ring (bicyclic) bond motifs is 1. The maximum atomic E-state index is 12.2. The fraction of sp³-hybridized carbons (Fsp3) is 0.412. The molecule has 1 aromatic carbocycles. The summed E-state index contributed by atoms with van der Waals surface area (Å²) in [5.41, 5.74) is 2.12. The summed E-state index contributed by atoms with van der Waals surface area (Å²) in [6.07, 6.45) is 3.68. The van der Waals surface area contributed by atoms with Gasteiger partial charge in [0.1, 0.15) is 5.75 Å². The molecule has 2 aliphatic heterocycles. The molecule has 6 heteroatoms. The highest BCUT2D eigenvalue weighted by Gasteiger charge is 2.24. The lowest BCUT2D eigenvalue weighted by atomic mass is 10.1. The first-order chi connectivity index (χ1) is 11.1. The lowest BCUT2D eigenvalue weighted by Gasteiger charge is -2.31. The molecular weight excluding hydrogens is 298 g/mol. The minimum Gasteiger partial charge on any atom is -0.493 e. The van der Waals surface area contributed by atoms with Gasteiger partial charge in [-0.25, -0.2) is 0 Å². The molecule has 1 atom stereocenters. The molecule has 6 nitrogen and oxygen atoms in total. The Morgan fingerprint density at radius 1 is 1.35 bits per heavy atom. The number of carbonyl (C=O) groups is 2. The van der Waals surface area contributed by atoms with Crippen LogP contribution in [-0.4, -0.2) is 54.3 Å². The summed E-state index contributed by atoms with van der Waals surface area (Å²) in [6, 6.07) is 5.86. The van der Waals surface area contributed by atoms with Crippen LogP contribution in [0, 0.1) is 0 Å². The number of rotatable bonds is 4. The Kier molecular flexibility index (Phi) is 4.62. The zero-order valence-electron chi connectivity index (χ0n) is 12.7. The molecule has 1 N–H and O–H groups in total. The zero-order valence-corrected chi connectivity index (χ0v) is 12.7. The van der Waals surface area contributed by atoms with Gasteiger partial charge in [0, 0.05) is 25.6 Å². The summed E-state index contributed by atoms with van der Waals surface area (Å²) in [4.78, 5) is 24.6. The highest BCUT2D eigenvalue weighted by atomic mass is 16.5. The average molecular weight is 317 g/mol. The number of nitrogens with zero attached hydrogens (tertiary/aromatic N) is 1. The van der Waals surface area contributed by atoms with Gasteiger partial charge in [-0.2, -0.15) is 0 Å². The monoisotopic (exact) mass is 317 g/mol. The van der Waals surface area contributed by atoms with Gasteiger partial charge in [-0.05, 0) is 29.3 Å². The molecule has 2 aliphatic rings. The molecule has 23 heavy (non-hydrogen) atoms. The number of carbonyl (C=O) groups excluding carboxylic acids is 1. The van der Waals surface area contributed by atoms with Crippen molar-refractivity contribution in [3.8, 4) is 5.75 Å². The van der Waals surface area contributed by atoms with Crippen LogP contribution in [0.15, 0.2) is 24.3 Å².